The Labute approximate surface area is 102 Å². The second kappa shape index (κ2) is 5.73. The van der Waals surface area contributed by atoms with Crippen LogP contribution >= 0.6 is 26.1 Å². The zero-order valence-electron chi connectivity index (χ0n) is 8.05. The Morgan fingerprint density at radius 2 is 1.40 bits per heavy atom. The summed E-state index contributed by atoms with van der Waals surface area (Å²) in [4.78, 5) is 0.844. The molecule has 1 nitrogen and oxygen atoms in total. The maximum absolute atomic E-state index is 5.63. The summed E-state index contributed by atoms with van der Waals surface area (Å²) >= 11 is 4.30. The summed E-state index contributed by atoms with van der Waals surface area (Å²) in [5.41, 5.74) is 0. The lowest BCUT2D eigenvalue weighted by Crippen LogP contribution is -1.84. The first kappa shape index (κ1) is 12.0. The average molecular weight is 236 g/mol. The molecule has 0 aliphatic carbocycles. The highest BCUT2D eigenvalue weighted by molar-refractivity contribution is 7.80. The monoisotopic (exact) mass is 236 g/mol. The van der Waals surface area contributed by atoms with Crippen LogP contribution in [-0.4, -0.2) is 0 Å². The minimum Gasteiger partial charge on any atom is -0.456 e. The third kappa shape index (κ3) is 3.22. The molecule has 3 heteroatoms. The lowest BCUT2D eigenvalue weighted by Gasteiger charge is -2.06. The van der Waals surface area contributed by atoms with E-state index in [1.807, 2.05) is 54.6 Å². The van der Waals surface area contributed by atoms with Gasteiger partial charge in [0, 0.05) is 4.90 Å². The van der Waals surface area contributed by atoms with Gasteiger partial charge >= 0.3 is 0 Å². The number of para-hydroxylation sites is 2. The van der Waals surface area contributed by atoms with E-state index < -0.39 is 0 Å². The van der Waals surface area contributed by atoms with Crippen LogP contribution in [-0.2, 0) is 0 Å². The quantitative estimate of drug-likeness (QED) is 0.779. The molecular formula is C12H12OS2. The number of benzene rings is 2. The highest BCUT2D eigenvalue weighted by Crippen LogP contribution is 2.26. The number of hydrogen-bond acceptors (Lipinski definition) is 2. The predicted molar refractivity (Wildman–Crippen MR) is 70.6 cm³/mol. The van der Waals surface area contributed by atoms with Crippen molar-refractivity contribution >= 4 is 26.1 Å². The summed E-state index contributed by atoms with van der Waals surface area (Å²) in [7, 11) is 0. The number of thiol groups is 1. The van der Waals surface area contributed by atoms with Gasteiger partial charge in [0.1, 0.15) is 11.5 Å². The van der Waals surface area contributed by atoms with Crippen LogP contribution in [0.4, 0.5) is 0 Å². The Kier molecular flexibility index (Phi) is 4.59. The molecule has 0 unspecified atom stereocenters. The molecule has 0 aliphatic heterocycles. The van der Waals surface area contributed by atoms with E-state index in [0.717, 1.165) is 16.4 Å². The Morgan fingerprint density at radius 1 is 0.800 bits per heavy atom. The molecule has 0 atom stereocenters. The molecule has 2 aromatic carbocycles. The van der Waals surface area contributed by atoms with Crippen molar-refractivity contribution < 1.29 is 4.74 Å². The van der Waals surface area contributed by atoms with Crippen LogP contribution in [0.5, 0.6) is 11.5 Å². The summed E-state index contributed by atoms with van der Waals surface area (Å²) in [6.45, 7) is 0. The van der Waals surface area contributed by atoms with E-state index >= 15 is 0 Å². The second-order valence-corrected chi connectivity index (χ2v) is 3.36. The minimum atomic E-state index is 0. The van der Waals surface area contributed by atoms with Crippen LogP contribution in [0, 0.1) is 0 Å². The lowest BCUT2D eigenvalue weighted by molar-refractivity contribution is 0.471. The molecule has 0 N–H and O–H groups in total. The second-order valence-electron chi connectivity index (χ2n) is 2.88. The summed E-state index contributed by atoms with van der Waals surface area (Å²) in [6.07, 6.45) is 0. The van der Waals surface area contributed by atoms with E-state index in [1.165, 1.54) is 0 Å². The molecule has 0 aliphatic rings. The summed E-state index contributed by atoms with van der Waals surface area (Å²) in [5.74, 6) is 1.61. The van der Waals surface area contributed by atoms with Crippen molar-refractivity contribution in [3.8, 4) is 11.5 Å². The van der Waals surface area contributed by atoms with Gasteiger partial charge in [-0.15, -0.1) is 12.6 Å². The Morgan fingerprint density at radius 3 is 2.07 bits per heavy atom. The molecule has 78 valence electrons. The molecule has 0 heterocycles. The zero-order chi connectivity index (χ0) is 9.80. The van der Waals surface area contributed by atoms with E-state index in [0.29, 0.717) is 0 Å². The van der Waals surface area contributed by atoms with E-state index in [4.69, 9.17) is 4.74 Å². The van der Waals surface area contributed by atoms with Gasteiger partial charge in [-0.2, -0.15) is 13.5 Å². The first-order valence-electron chi connectivity index (χ1n) is 4.37. The number of hydrogen-bond donors (Lipinski definition) is 1. The molecule has 0 spiro atoms. The average Bonchev–Trinajstić information content (AvgIpc) is 2.23. The third-order valence-electron chi connectivity index (χ3n) is 1.84. The van der Waals surface area contributed by atoms with Gasteiger partial charge < -0.3 is 4.74 Å². The first-order chi connectivity index (χ1) is 6.86. The van der Waals surface area contributed by atoms with Gasteiger partial charge in [-0.3, -0.25) is 0 Å². The van der Waals surface area contributed by atoms with Crippen LogP contribution in [0.2, 0.25) is 0 Å². The van der Waals surface area contributed by atoms with Crippen molar-refractivity contribution in [1.29, 1.82) is 0 Å². The summed E-state index contributed by atoms with van der Waals surface area (Å²) < 4.78 is 5.63. The lowest BCUT2D eigenvalue weighted by atomic mass is 10.3. The van der Waals surface area contributed by atoms with Gasteiger partial charge in [0.2, 0.25) is 0 Å². The highest BCUT2D eigenvalue weighted by Gasteiger charge is 1.98. The van der Waals surface area contributed by atoms with E-state index in [9.17, 15) is 0 Å². The van der Waals surface area contributed by atoms with Gasteiger partial charge in [0.25, 0.3) is 0 Å². The van der Waals surface area contributed by atoms with Crippen LogP contribution in [0.3, 0.4) is 0 Å². The highest BCUT2D eigenvalue weighted by atomic mass is 32.1. The molecule has 0 amide bonds. The SMILES string of the molecule is S.Sc1ccccc1Oc1ccccc1. The first-order valence-corrected chi connectivity index (χ1v) is 4.82. The van der Waals surface area contributed by atoms with Gasteiger partial charge in [-0.25, -0.2) is 0 Å². The van der Waals surface area contributed by atoms with Crippen LogP contribution in [0.1, 0.15) is 0 Å². The van der Waals surface area contributed by atoms with Gasteiger partial charge in [-0.1, -0.05) is 30.3 Å². The fourth-order valence-corrected chi connectivity index (χ4v) is 1.37. The maximum atomic E-state index is 5.63. The van der Waals surface area contributed by atoms with Crippen molar-refractivity contribution in [2.24, 2.45) is 0 Å². The molecule has 2 rings (SSSR count). The molecule has 0 bridgehead atoms. The minimum absolute atomic E-state index is 0. The zero-order valence-corrected chi connectivity index (χ0v) is 9.95. The predicted octanol–water partition coefficient (Wildman–Crippen LogP) is 3.88. The van der Waals surface area contributed by atoms with Gasteiger partial charge in [0.05, 0.1) is 0 Å². The smallest absolute Gasteiger partial charge is 0.140 e. The van der Waals surface area contributed by atoms with Crippen molar-refractivity contribution in [2.45, 2.75) is 4.90 Å². The van der Waals surface area contributed by atoms with Crippen molar-refractivity contribution in [3.63, 3.8) is 0 Å². The molecule has 0 fully saturated rings. The normalized spacial score (nSPS) is 9.13. The van der Waals surface area contributed by atoms with Crippen LogP contribution in [0.15, 0.2) is 59.5 Å². The van der Waals surface area contributed by atoms with Crippen molar-refractivity contribution in [1.82, 2.24) is 0 Å². The number of ether oxygens (including phenoxy) is 1. The van der Waals surface area contributed by atoms with E-state index in [-0.39, 0.29) is 13.5 Å². The molecule has 0 radical (unpaired) electrons. The molecule has 15 heavy (non-hydrogen) atoms. The van der Waals surface area contributed by atoms with Gasteiger partial charge in [0.15, 0.2) is 0 Å². The molecule has 0 saturated heterocycles. The standard InChI is InChI=1S/C12H10OS.H2S/c14-12-9-5-4-8-11(12)13-10-6-2-1-3-7-10;/h1-9,14H;1H2. The molecule has 2 aromatic rings. The molecular weight excluding hydrogens is 224 g/mol. The third-order valence-corrected chi connectivity index (χ3v) is 2.21. The van der Waals surface area contributed by atoms with Crippen LogP contribution < -0.4 is 4.74 Å². The van der Waals surface area contributed by atoms with Crippen molar-refractivity contribution in [3.05, 3.63) is 54.6 Å². The Bertz CT molecular complexity index is 415. The Balaban J connectivity index is 0.00000112. The van der Waals surface area contributed by atoms with E-state index in [2.05, 4.69) is 12.6 Å². The fourth-order valence-electron chi connectivity index (χ4n) is 1.16. The summed E-state index contributed by atoms with van der Waals surface area (Å²) in [6, 6.07) is 17.3. The van der Waals surface area contributed by atoms with Crippen LogP contribution in [0.25, 0.3) is 0 Å². The van der Waals surface area contributed by atoms with Crippen molar-refractivity contribution in [2.75, 3.05) is 0 Å². The van der Waals surface area contributed by atoms with E-state index in [1.54, 1.807) is 0 Å². The van der Waals surface area contributed by atoms with Gasteiger partial charge in [-0.05, 0) is 24.3 Å². The summed E-state index contributed by atoms with van der Waals surface area (Å²) in [5, 5.41) is 0. The number of rotatable bonds is 2. The maximum Gasteiger partial charge on any atom is 0.140 e. The molecule has 0 saturated carbocycles. The topological polar surface area (TPSA) is 9.23 Å². The fraction of sp³-hybridized carbons (Fsp3) is 0. The Hall–Kier alpha value is -1.06. The largest absolute Gasteiger partial charge is 0.456 e. The molecule has 0 aromatic heterocycles.